The van der Waals surface area contributed by atoms with Gasteiger partial charge in [0.1, 0.15) is 12.6 Å². The summed E-state index contributed by atoms with van der Waals surface area (Å²) in [5.74, 6) is 1.15. The van der Waals surface area contributed by atoms with E-state index < -0.39 is 5.41 Å². The average molecular weight is 463 g/mol. The summed E-state index contributed by atoms with van der Waals surface area (Å²) < 4.78 is 12.6. The number of carbonyl (C=O) groups is 1. The van der Waals surface area contributed by atoms with Gasteiger partial charge in [-0.3, -0.25) is 9.36 Å². The molecule has 4 rings (SSSR count). The second kappa shape index (κ2) is 10.5. The Bertz CT molecular complexity index is 1130. The van der Waals surface area contributed by atoms with E-state index >= 15 is 0 Å². The number of imidazole rings is 1. The van der Waals surface area contributed by atoms with E-state index in [4.69, 9.17) is 9.47 Å². The Hall–Kier alpha value is -3.72. The smallest absolute Gasteiger partial charge is 0.235 e. The first-order valence-corrected chi connectivity index (χ1v) is 11.3. The third kappa shape index (κ3) is 5.60. The van der Waals surface area contributed by atoms with Gasteiger partial charge in [-0.1, -0.05) is 30.3 Å². The van der Waals surface area contributed by atoms with E-state index in [2.05, 4.69) is 37.7 Å². The van der Waals surface area contributed by atoms with Gasteiger partial charge in [0.15, 0.2) is 5.76 Å². The topological polar surface area (TPSA) is 103 Å². The van der Waals surface area contributed by atoms with Crippen LogP contribution in [0.15, 0.2) is 67.1 Å². The highest BCUT2D eigenvalue weighted by Gasteiger charge is 2.32. The van der Waals surface area contributed by atoms with Crippen LogP contribution in [0, 0.1) is 6.92 Å². The summed E-state index contributed by atoms with van der Waals surface area (Å²) in [6.07, 6.45) is 7.49. The molecule has 3 aromatic rings. The molecule has 0 radical (unpaired) electrons. The van der Waals surface area contributed by atoms with Gasteiger partial charge in [0, 0.05) is 31.2 Å². The van der Waals surface area contributed by atoms with Gasteiger partial charge in [-0.05, 0) is 38.8 Å². The van der Waals surface area contributed by atoms with Crippen LogP contribution in [0.4, 0.5) is 0 Å². The molecule has 0 bridgehead atoms. The Morgan fingerprint density at radius 3 is 2.74 bits per heavy atom. The Kier molecular flexibility index (Phi) is 7.22. The standard InChI is InChI=1S/C25H30N6O3/c1-18-13-22(30-24(29-18)31-12-11-26-16-31)25(2,3)23(32)28-10-9-27-20(21-15-33-17-34-21)14-19-7-5-4-6-8-19/h4-8,11-13,15-16,20,27H,9-10,14,17H2,1-3H3,(H,28,32). The molecule has 1 aliphatic heterocycles. The molecule has 1 aliphatic rings. The summed E-state index contributed by atoms with van der Waals surface area (Å²) in [7, 11) is 0. The monoisotopic (exact) mass is 462 g/mol. The lowest BCUT2D eigenvalue weighted by molar-refractivity contribution is -0.125. The number of nitrogens with one attached hydrogen (secondary N) is 2. The number of aromatic nitrogens is 4. The molecule has 1 unspecified atom stereocenters. The van der Waals surface area contributed by atoms with E-state index in [9.17, 15) is 4.79 Å². The lowest BCUT2D eigenvalue weighted by Crippen LogP contribution is -2.45. The molecule has 0 saturated carbocycles. The van der Waals surface area contributed by atoms with Crippen molar-refractivity contribution in [2.45, 2.75) is 38.6 Å². The SMILES string of the molecule is Cc1cc(C(C)(C)C(=O)NCCNC(Cc2ccccc2)C2=COCO2)nc(-n2ccnc2)n1. The van der Waals surface area contributed by atoms with Crippen molar-refractivity contribution in [2.75, 3.05) is 19.9 Å². The van der Waals surface area contributed by atoms with Gasteiger partial charge in [0.2, 0.25) is 18.6 Å². The molecule has 0 fully saturated rings. The molecular formula is C25H30N6O3. The number of hydrogen-bond acceptors (Lipinski definition) is 7. The van der Waals surface area contributed by atoms with Crippen molar-refractivity contribution >= 4 is 5.91 Å². The fourth-order valence-electron chi connectivity index (χ4n) is 3.68. The van der Waals surface area contributed by atoms with E-state index in [1.807, 2.05) is 45.0 Å². The number of rotatable bonds is 10. The molecule has 0 saturated heterocycles. The lowest BCUT2D eigenvalue weighted by Gasteiger charge is -2.24. The molecule has 1 aromatic carbocycles. The van der Waals surface area contributed by atoms with Crippen molar-refractivity contribution in [1.29, 1.82) is 0 Å². The molecule has 0 aliphatic carbocycles. The number of nitrogens with zero attached hydrogens (tertiary/aromatic N) is 4. The van der Waals surface area contributed by atoms with Crippen molar-refractivity contribution in [3.63, 3.8) is 0 Å². The zero-order chi connectivity index (χ0) is 24.0. The van der Waals surface area contributed by atoms with Crippen LogP contribution in [0.2, 0.25) is 0 Å². The van der Waals surface area contributed by atoms with Gasteiger partial charge in [0.05, 0.1) is 17.2 Å². The highest BCUT2D eigenvalue weighted by atomic mass is 16.7. The van der Waals surface area contributed by atoms with E-state index in [1.54, 1.807) is 29.6 Å². The lowest BCUT2D eigenvalue weighted by atomic mass is 9.87. The first-order chi connectivity index (χ1) is 16.4. The summed E-state index contributed by atoms with van der Waals surface area (Å²) in [5.41, 5.74) is 1.79. The summed E-state index contributed by atoms with van der Waals surface area (Å²) in [6, 6.07) is 12.0. The first-order valence-electron chi connectivity index (χ1n) is 11.3. The van der Waals surface area contributed by atoms with Gasteiger partial charge in [-0.25, -0.2) is 15.0 Å². The Morgan fingerprint density at radius 2 is 2.03 bits per heavy atom. The normalized spacial score (nSPS) is 14.1. The average Bonchev–Trinajstić information content (AvgIpc) is 3.56. The second-order valence-electron chi connectivity index (χ2n) is 8.69. The minimum absolute atomic E-state index is 0.0444. The second-order valence-corrected chi connectivity index (χ2v) is 8.69. The molecule has 34 heavy (non-hydrogen) atoms. The zero-order valence-corrected chi connectivity index (χ0v) is 19.7. The third-order valence-electron chi connectivity index (χ3n) is 5.71. The maximum absolute atomic E-state index is 13.1. The van der Waals surface area contributed by atoms with Crippen molar-refractivity contribution < 1.29 is 14.3 Å². The highest BCUT2D eigenvalue weighted by Crippen LogP contribution is 2.23. The van der Waals surface area contributed by atoms with Crippen molar-refractivity contribution in [1.82, 2.24) is 30.2 Å². The molecule has 2 N–H and O–H groups in total. The maximum Gasteiger partial charge on any atom is 0.235 e. The molecule has 0 spiro atoms. The van der Waals surface area contributed by atoms with Gasteiger partial charge >= 0.3 is 0 Å². The Morgan fingerprint density at radius 1 is 1.21 bits per heavy atom. The number of aryl methyl sites for hydroxylation is 1. The number of ether oxygens (including phenoxy) is 2. The largest absolute Gasteiger partial charge is 0.462 e. The molecule has 3 heterocycles. The predicted molar refractivity (Wildman–Crippen MR) is 127 cm³/mol. The maximum atomic E-state index is 13.1. The molecule has 9 heteroatoms. The first kappa shape index (κ1) is 23.4. The zero-order valence-electron chi connectivity index (χ0n) is 19.7. The van der Waals surface area contributed by atoms with Crippen LogP contribution in [0.5, 0.6) is 0 Å². The summed E-state index contributed by atoms with van der Waals surface area (Å²) in [5, 5.41) is 6.50. The predicted octanol–water partition coefficient (Wildman–Crippen LogP) is 2.41. The number of hydrogen-bond donors (Lipinski definition) is 2. The van der Waals surface area contributed by atoms with Crippen LogP contribution >= 0.6 is 0 Å². The van der Waals surface area contributed by atoms with Crippen molar-refractivity contribution in [2.24, 2.45) is 0 Å². The van der Waals surface area contributed by atoms with Crippen LogP contribution in [-0.4, -0.2) is 51.4 Å². The Balaban J connectivity index is 1.36. The summed E-state index contributed by atoms with van der Waals surface area (Å²) in [6.45, 7) is 6.87. The minimum Gasteiger partial charge on any atom is -0.462 e. The van der Waals surface area contributed by atoms with Crippen LogP contribution in [-0.2, 0) is 26.1 Å². The Labute approximate surface area is 199 Å². The van der Waals surface area contributed by atoms with Crippen LogP contribution in [0.1, 0.15) is 30.8 Å². The van der Waals surface area contributed by atoms with E-state index in [0.29, 0.717) is 24.7 Å². The number of amides is 1. The fraction of sp³-hybridized carbons (Fsp3) is 0.360. The van der Waals surface area contributed by atoms with E-state index in [-0.39, 0.29) is 18.7 Å². The quantitative estimate of drug-likeness (QED) is 0.446. The molecule has 1 atom stereocenters. The number of carbonyl (C=O) groups excluding carboxylic acids is 1. The van der Waals surface area contributed by atoms with E-state index in [0.717, 1.165) is 17.9 Å². The fourth-order valence-corrected chi connectivity index (χ4v) is 3.68. The van der Waals surface area contributed by atoms with Gasteiger partial charge in [0.25, 0.3) is 0 Å². The van der Waals surface area contributed by atoms with Crippen LogP contribution < -0.4 is 10.6 Å². The van der Waals surface area contributed by atoms with Gasteiger partial charge in [-0.15, -0.1) is 0 Å². The van der Waals surface area contributed by atoms with Crippen LogP contribution in [0.3, 0.4) is 0 Å². The third-order valence-corrected chi connectivity index (χ3v) is 5.71. The summed E-state index contributed by atoms with van der Waals surface area (Å²) in [4.78, 5) is 26.2. The number of benzene rings is 1. The van der Waals surface area contributed by atoms with E-state index in [1.165, 1.54) is 5.56 Å². The molecule has 1 amide bonds. The summed E-state index contributed by atoms with van der Waals surface area (Å²) >= 11 is 0. The molecular weight excluding hydrogens is 432 g/mol. The van der Waals surface area contributed by atoms with Crippen molar-refractivity contribution in [3.8, 4) is 5.95 Å². The van der Waals surface area contributed by atoms with Gasteiger partial charge in [-0.2, -0.15) is 0 Å². The molecule has 2 aromatic heterocycles. The van der Waals surface area contributed by atoms with Crippen LogP contribution in [0.25, 0.3) is 5.95 Å². The minimum atomic E-state index is -0.836. The molecule has 178 valence electrons. The highest BCUT2D eigenvalue weighted by molar-refractivity contribution is 5.86. The van der Waals surface area contributed by atoms with Gasteiger partial charge < -0.3 is 20.1 Å². The van der Waals surface area contributed by atoms with Crippen molar-refractivity contribution in [3.05, 3.63) is 84.1 Å². The molecule has 9 nitrogen and oxygen atoms in total.